The van der Waals surface area contributed by atoms with Gasteiger partial charge in [0, 0.05) is 32.2 Å². The molecule has 1 aliphatic carbocycles. The first kappa shape index (κ1) is 13.1. The Labute approximate surface area is 106 Å². The molecule has 0 aromatic rings. The Morgan fingerprint density at radius 1 is 1.39 bits per heavy atom. The molecule has 2 fully saturated rings. The van der Waals surface area contributed by atoms with Crippen LogP contribution in [0.3, 0.4) is 0 Å². The van der Waals surface area contributed by atoms with Crippen LogP contribution in [0.4, 0.5) is 4.79 Å². The van der Waals surface area contributed by atoms with E-state index in [1.807, 2.05) is 0 Å². The molecule has 0 aromatic carbocycles. The molecule has 102 valence electrons. The van der Waals surface area contributed by atoms with Crippen molar-refractivity contribution in [1.82, 2.24) is 9.80 Å². The van der Waals surface area contributed by atoms with Crippen molar-refractivity contribution in [3.05, 3.63) is 0 Å². The van der Waals surface area contributed by atoms with Crippen molar-refractivity contribution >= 4 is 12.0 Å². The number of aliphatic carboxylic acids is 1. The van der Waals surface area contributed by atoms with Gasteiger partial charge in [0.05, 0.1) is 6.61 Å². The summed E-state index contributed by atoms with van der Waals surface area (Å²) in [7, 11) is 1.66. The van der Waals surface area contributed by atoms with Crippen molar-refractivity contribution in [2.75, 3.05) is 33.4 Å². The Kier molecular flexibility index (Phi) is 4.06. The van der Waals surface area contributed by atoms with Crippen molar-refractivity contribution in [3.8, 4) is 0 Å². The fraction of sp³-hybridized carbons (Fsp3) is 0.833. The molecule has 1 N–H and O–H groups in total. The lowest BCUT2D eigenvalue weighted by Gasteiger charge is -2.26. The van der Waals surface area contributed by atoms with Gasteiger partial charge < -0.3 is 19.6 Å². The maximum atomic E-state index is 12.3. The summed E-state index contributed by atoms with van der Waals surface area (Å²) in [4.78, 5) is 26.3. The molecule has 2 aliphatic rings. The third kappa shape index (κ3) is 3.13. The van der Waals surface area contributed by atoms with E-state index in [1.165, 1.54) is 4.90 Å². The van der Waals surface area contributed by atoms with Crippen molar-refractivity contribution in [2.24, 2.45) is 5.92 Å². The number of carbonyl (C=O) groups excluding carboxylic acids is 1. The molecule has 1 saturated heterocycles. The van der Waals surface area contributed by atoms with E-state index in [2.05, 4.69) is 0 Å². The minimum absolute atomic E-state index is 0.126. The number of urea groups is 1. The smallest absolute Gasteiger partial charge is 0.323 e. The predicted octanol–water partition coefficient (Wildman–Crippen LogP) is 0.624. The number of carbonyl (C=O) groups is 2. The largest absolute Gasteiger partial charge is 0.480 e. The summed E-state index contributed by atoms with van der Waals surface area (Å²) in [5.41, 5.74) is 0. The summed E-state index contributed by atoms with van der Waals surface area (Å²) in [6, 6.07) is 0.00794. The van der Waals surface area contributed by atoms with Crippen LogP contribution in [0.15, 0.2) is 0 Å². The number of carboxylic acid groups (broad SMARTS) is 1. The van der Waals surface area contributed by atoms with Crippen LogP contribution >= 0.6 is 0 Å². The molecule has 2 amide bonds. The SMILES string of the molecule is COCC1CCN(C(=O)N(CC(=O)O)C2CC2)C1. The van der Waals surface area contributed by atoms with Gasteiger partial charge in [0.25, 0.3) is 0 Å². The van der Waals surface area contributed by atoms with E-state index in [-0.39, 0.29) is 18.6 Å². The molecule has 1 heterocycles. The van der Waals surface area contributed by atoms with Crippen LogP contribution < -0.4 is 0 Å². The number of amides is 2. The summed E-state index contributed by atoms with van der Waals surface area (Å²) in [5, 5.41) is 8.86. The third-order valence-electron chi connectivity index (χ3n) is 3.50. The Morgan fingerprint density at radius 2 is 2.11 bits per heavy atom. The Bertz CT molecular complexity index is 330. The second-order valence-corrected chi connectivity index (χ2v) is 5.09. The average molecular weight is 256 g/mol. The first-order chi connectivity index (χ1) is 8.61. The highest BCUT2D eigenvalue weighted by Crippen LogP contribution is 2.29. The highest BCUT2D eigenvalue weighted by atomic mass is 16.5. The van der Waals surface area contributed by atoms with Crippen LogP contribution in [0.2, 0.25) is 0 Å². The van der Waals surface area contributed by atoms with E-state index in [0.717, 1.165) is 19.3 Å². The van der Waals surface area contributed by atoms with Crippen molar-refractivity contribution in [3.63, 3.8) is 0 Å². The highest BCUT2D eigenvalue weighted by molar-refractivity contribution is 5.81. The standard InChI is InChI=1S/C12H20N2O4/c1-18-8-9-4-5-13(6-9)12(17)14(7-11(15)16)10-2-3-10/h9-10H,2-8H2,1H3,(H,15,16). The molecule has 18 heavy (non-hydrogen) atoms. The lowest BCUT2D eigenvalue weighted by Crippen LogP contribution is -2.45. The average Bonchev–Trinajstić information content (AvgIpc) is 3.06. The monoisotopic (exact) mass is 256 g/mol. The summed E-state index contributed by atoms with van der Waals surface area (Å²) in [5.74, 6) is -0.562. The molecule has 1 atom stereocenters. The van der Waals surface area contributed by atoms with Gasteiger partial charge in [-0.05, 0) is 19.3 Å². The van der Waals surface area contributed by atoms with Crippen molar-refractivity contribution in [1.29, 1.82) is 0 Å². The van der Waals surface area contributed by atoms with E-state index in [9.17, 15) is 9.59 Å². The minimum atomic E-state index is -0.942. The summed E-state index contributed by atoms with van der Waals surface area (Å²) < 4.78 is 5.09. The van der Waals surface area contributed by atoms with Crippen LogP contribution in [0.5, 0.6) is 0 Å². The zero-order chi connectivity index (χ0) is 13.1. The third-order valence-corrected chi connectivity index (χ3v) is 3.50. The topological polar surface area (TPSA) is 70.1 Å². The van der Waals surface area contributed by atoms with Crippen LogP contribution in [-0.4, -0.2) is 66.3 Å². The van der Waals surface area contributed by atoms with Crippen LogP contribution in [0.25, 0.3) is 0 Å². The number of likely N-dealkylation sites (tertiary alicyclic amines) is 1. The molecule has 1 aliphatic heterocycles. The van der Waals surface area contributed by atoms with Gasteiger partial charge in [-0.15, -0.1) is 0 Å². The molecule has 0 spiro atoms. The molecule has 0 radical (unpaired) electrons. The molecule has 2 rings (SSSR count). The van der Waals surface area contributed by atoms with E-state index >= 15 is 0 Å². The fourth-order valence-electron chi connectivity index (χ4n) is 2.44. The van der Waals surface area contributed by atoms with Crippen LogP contribution in [-0.2, 0) is 9.53 Å². The van der Waals surface area contributed by atoms with Gasteiger partial charge in [-0.25, -0.2) is 4.79 Å². The number of hydrogen-bond acceptors (Lipinski definition) is 3. The van der Waals surface area contributed by atoms with Crippen molar-refractivity contribution < 1.29 is 19.4 Å². The number of carboxylic acids is 1. The fourth-order valence-corrected chi connectivity index (χ4v) is 2.44. The molecule has 0 aromatic heterocycles. The molecule has 6 nitrogen and oxygen atoms in total. The number of methoxy groups -OCH3 is 1. The maximum absolute atomic E-state index is 12.3. The summed E-state index contributed by atoms with van der Waals surface area (Å²) in [6.45, 7) is 1.85. The Balaban J connectivity index is 1.90. The lowest BCUT2D eigenvalue weighted by atomic mass is 10.1. The number of ether oxygens (including phenoxy) is 1. The molecule has 1 unspecified atom stereocenters. The maximum Gasteiger partial charge on any atom is 0.323 e. The zero-order valence-electron chi connectivity index (χ0n) is 10.7. The van der Waals surface area contributed by atoms with Gasteiger partial charge in [0.2, 0.25) is 0 Å². The Hall–Kier alpha value is -1.30. The van der Waals surface area contributed by atoms with Gasteiger partial charge in [0.1, 0.15) is 6.54 Å². The van der Waals surface area contributed by atoms with Gasteiger partial charge in [0.15, 0.2) is 0 Å². The number of hydrogen-bond donors (Lipinski definition) is 1. The highest BCUT2D eigenvalue weighted by Gasteiger charge is 2.38. The summed E-state index contributed by atoms with van der Waals surface area (Å²) in [6.07, 6.45) is 2.79. The van der Waals surface area contributed by atoms with Crippen molar-refractivity contribution in [2.45, 2.75) is 25.3 Å². The second-order valence-electron chi connectivity index (χ2n) is 5.09. The first-order valence-corrected chi connectivity index (χ1v) is 6.38. The van der Waals surface area contributed by atoms with Crippen LogP contribution in [0.1, 0.15) is 19.3 Å². The van der Waals surface area contributed by atoms with Gasteiger partial charge in [-0.2, -0.15) is 0 Å². The quantitative estimate of drug-likeness (QED) is 0.783. The zero-order valence-corrected chi connectivity index (χ0v) is 10.7. The molecule has 1 saturated carbocycles. The summed E-state index contributed by atoms with van der Waals surface area (Å²) >= 11 is 0. The molecule has 0 bridgehead atoms. The second kappa shape index (κ2) is 5.56. The molecule has 6 heteroatoms. The van der Waals surface area contributed by atoms with Crippen LogP contribution in [0, 0.1) is 5.92 Å². The van der Waals surface area contributed by atoms with E-state index in [0.29, 0.717) is 25.6 Å². The molecular weight excluding hydrogens is 236 g/mol. The predicted molar refractivity (Wildman–Crippen MR) is 64.3 cm³/mol. The normalized spacial score (nSPS) is 23.2. The lowest BCUT2D eigenvalue weighted by molar-refractivity contribution is -0.137. The Morgan fingerprint density at radius 3 is 2.67 bits per heavy atom. The number of rotatable bonds is 5. The minimum Gasteiger partial charge on any atom is -0.480 e. The first-order valence-electron chi connectivity index (χ1n) is 6.38. The van der Waals surface area contributed by atoms with E-state index in [4.69, 9.17) is 9.84 Å². The van der Waals surface area contributed by atoms with Gasteiger partial charge in [-0.1, -0.05) is 0 Å². The number of nitrogens with zero attached hydrogens (tertiary/aromatic N) is 2. The van der Waals surface area contributed by atoms with Gasteiger partial charge in [-0.3, -0.25) is 4.79 Å². The van der Waals surface area contributed by atoms with E-state index < -0.39 is 5.97 Å². The van der Waals surface area contributed by atoms with Gasteiger partial charge >= 0.3 is 12.0 Å². The van der Waals surface area contributed by atoms with E-state index in [1.54, 1.807) is 12.0 Å². The molecular formula is C12H20N2O4.